The smallest absolute Gasteiger partial charge is 0.259 e. The molecule has 2 aromatic carbocycles. The van der Waals surface area contributed by atoms with Crippen LogP contribution in [0.25, 0.3) is 11.0 Å². The number of aromatic nitrogens is 2. The van der Waals surface area contributed by atoms with Gasteiger partial charge in [-0.05, 0) is 53.3 Å². The molecule has 0 saturated carbocycles. The number of carbonyl (C=O) groups is 1. The van der Waals surface area contributed by atoms with Crippen molar-refractivity contribution in [3.05, 3.63) is 57.7 Å². The SMILES string of the molecule is CCCn1c(NC(=O)c2ccccc2I)nc2ccccc21. The minimum atomic E-state index is -0.127. The van der Waals surface area contributed by atoms with Gasteiger partial charge in [-0.1, -0.05) is 31.2 Å². The number of benzene rings is 2. The van der Waals surface area contributed by atoms with Crippen LogP contribution in [0.5, 0.6) is 0 Å². The lowest BCUT2D eigenvalue weighted by molar-refractivity contribution is 0.102. The standard InChI is InChI=1S/C17H16IN3O/c1-2-11-21-15-10-6-5-9-14(15)19-17(21)20-16(22)12-7-3-4-8-13(12)18/h3-10H,2,11H2,1H3,(H,19,20,22). The molecule has 0 fully saturated rings. The number of amides is 1. The first-order valence-electron chi connectivity index (χ1n) is 7.22. The van der Waals surface area contributed by atoms with E-state index in [1.807, 2.05) is 48.5 Å². The van der Waals surface area contributed by atoms with Gasteiger partial charge in [-0.3, -0.25) is 10.1 Å². The molecule has 0 aliphatic heterocycles. The van der Waals surface area contributed by atoms with E-state index in [-0.39, 0.29) is 5.91 Å². The Hall–Kier alpha value is -1.89. The summed E-state index contributed by atoms with van der Waals surface area (Å²) in [6, 6.07) is 15.5. The minimum Gasteiger partial charge on any atom is -0.310 e. The van der Waals surface area contributed by atoms with E-state index in [1.54, 1.807) is 0 Å². The van der Waals surface area contributed by atoms with Crippen LogP contribution in [-0.4, -0.2) is 15.5 Å². The quantitative estimate of drug-likeness (QED) is 0.658. The molecule has 0 atom stereocenters. The van der Waals surface area contributed by atoms with Crippen LogP contribution >= 0.6 is 22.6 Å². The van der Waals surface area contributed by atoms with Gasteiger partial charge in [0, 0.05) is 10.1 Å². The number of nitrogens with one attached hydrogen (secondary N) is 1. The maximum atomic E-state index is 12.5. The number of hydrogen-bond acceptors (Lipinski definition) is 2. The van der Waals surface area contributed by atoms with Crippen LogP contribution in [-0.2, 0) is 6.54 Å². The Balaban J connectivity index is 1.98. The number of hydrogen-bond donors (Lipinski definition) is 1. The van der Waals surface area contributed by atoms with E-state index in [0.717, 1.165) is 27.6 Å². The first-order chi connectivity index (χ1) is 10.7. The van der Waals surface area contributed by atoms with Crippen molar-refractivity contribution in [3.8, 4) is 0 Å². The molecular weight excluding hydrogens is 389 g/mol. The lowest BCUT2D eigenvalue weighted by Gasteiger charge is -2.09. The van der Waals surface area contributed by atoms with Crippen molar-refractivity contribution in [3.63, 3.8) is 0 Å². The van der Waals surface area contributed by atoms with Crippen LogP contribution < -0.4 is 5.32 Å². The summed E-state index contributed by atoms with van der Waals surface area (Å²) >= 11 is 2.17. The number of carbonyl (C=O) groups excluding carboxylic acids is 1. The second-order valence-corrected chi connectivity index (χ2v) is 6.17. The molecule has 112 valence electrons. The van der Waals surface area contributed by atoms with Crippen LogP contribution in [0, 0.1) is 3.57 Å². The van der Waals surface area contributed by atoms with Gasteiger partial charge in [-0.2, -0.15) is 0 Å². The first-order valence-corrected chi connectivity index (χ1v) is 8.29. The zero-order chi connectivity index (χ0) is 15.5. The van der Waals surface area contributed by atoms with Crippen molar-refractivity contribution in [1.82, 2.24) is 9.55 Å². The van der Waals surface area contributed by atoms with E-state index in [9.17, 15) is 4.79 Å². The first kappa shape index (κ1) is 15.0. The highest BCUT2D eigenvalue weighted by atomic mass is 127. The van der Waals surface area contributed by atoms with Gasteiger partial charge in [-0.25, -0.2) is 4.98 Å². The van der Waals surface area contributed by atoms with Crippen molar-refractivity contribution in [1.29, 1.82) is 0 Å². The average Bonchev–Trinajstić information content (AvgIpc) is 2.86. The Bertz CT molecular complexity index is 826. The Morgan fingerprint density at radius 1 is 1.18 bits per heavy atom. The number of aryl methyl sites for hydroxylation is 1. The molecule has 0 bridgehead atoms. The molecule has 3 rings (SSSR count). The van der Waals surface area contributed by atoms with E-state index in [0.29, 0.717) is 11.5 Å². The summed E-state index contributed by atoms with van der Waals surface area (Å²) in [5.74, 6) is 0.477. The van der Waals surface area contributed by atoms with E-state index in [4.69, 9.17) is 0 Å². The van der Waals surface area contributed by atoms with Crippen molar-refractivity contribution >= 4 is 45.5 Å². The second kappa shape index (κ2) is 6.48. The number of nitrogens with zero attached hydrogens (tertiary/aromatic N) is 2. The molecule has 1 aromatic heterocycles. The fourth-order valence-electron chi connectivity index (χ4n) is 2.44. The number of anilines is 1. The number of fused-ring (bicyclic) bond motifs is 1. The number of rotatable bonds is 4. The van der Waals surface area contributed by atoms with E-state index in [2.05, 4.69) is 44.4 Å². The second-order valence-electron chi connectivity index (χ2n) is 5.01. The lowest BCUT2D eigenvalue weighted by Crippen LogP contribution is -2.17. The van der Waals surface area contributed by atoms with Gasteiger partial charge in [0.2, 0.25) is 5.95 Å². The van der Waals surface area contributed by atoms with Crippen molar-refractivity contribution in [2.45, 2.75) is 19.9 Å². The van der Waals surface area contributed by atoms with E-state index >= 15 is 0 Å². The topological polar surface area (TPSA) is 46.9 Å². The third-order valence-corrected chi connectivity index (χ3v) is 4.39. The van der Waals surface area contributed by atoms with Gasteiger partial charge in [0.05, 0.1) is 16.6 Å². The lowest BCUT2D eigenvalue weighted by atomic mass is 10.2. The molecule has 1 N–H and O–H groups in total. The van der Waals surface area contributed by atoms with E-state index in [1.165, 1.54) is 0 Å². The van der Waals surface area contributed by atoms with Gasteiger partial charge < -0.3 is 4.57 Å². The number of halogens is 1. The molecule has 5 heteroatoms. The van der Waals surface area contributed by atoms with Crippen LogP contribution in [0.4, 0.5) is 5.95 Å². The number of para-hydroxylation sites is 2. The van der Waals surface area contributed by atoms with Crippen LogP contribution in [0.15, 0.2) is 48.5 Å². The molecule has 0 saturated heterocycles. The van der Waals surface area contributed by atoms with Gasteiger partial charge >= 0.3 is 0 Å². The summed E-state index contributed by atoms with van der Waals surface area (Å²) < 4.78 is 2.99. The summed E-state index contributed by atoms with van der Waals surface area (Å²) in [7, 11) is 0. The summed E-state index contributed by atoms with van der Waals surface area (Å²) in [5.41, 5.74) is 2.61. The van der Waals surface area contributed by atoms with E-state index < -0.39 is 0 Å². The number of imidazole rings is 1. The molecule has 22 heavy (non-hydrogen) atoms. The molecular formula is C17H16IN3O. The maximum Gasteiger partial charge on any atom is 0.259 e. The highest BCUT2D eigenvalue weighted by Gasteiger charge is 2.15. The van der Waals surface area contributed by atoms with Gasteiger partial charge in [0.15, 0.2) is 0 Å². The van der Waals surface area contributed by atoms with Gasteiger partial charge in [0.25, 0.3) is 5.91 Å². The summed E-state index contributed by atoms with van der Waals surface area (Å²) in [5, 5.41) is 2.95. The zero-order valence-electron chi connectivity index (χ0n) is 12.2. The predicted molar refractivity (Wildman–Crippen MR) is 97.1 cm³/mol. The van der Waals surface area contributed by atoms with Crippen LogP contribution in [0.1, 0.15) is 23.7 Å². The van der Waals surface area contributed by atoms with Crippen molar-refractivity contribution in [2.75, 3.05) is 5.32 Å². The van der Waals surface area contributed by atoms with Crippen LogP contribution in [0.2, 0.25) is 0 Å². The summed E-state index contributed by atoms with van der Waals surface area (Å²) in [6.07, 6.45) is 0.978. The highest BCUT2D eigenvalue weighted by Crippen LogP contribution is 2.21. The Morgan fingerprint density at radius 3 is 2.68 bits per heavy atom. The normalized spacial score (nSPS) is 10.8. The third-order valence-electron chi connectivity index (χ3n) is 3.45. The highest BCUT2D eigenvalue weighted by molar-refractivity contribution is 14.1. The van der Waals surface area contributed by atoms with Gasteiger partial charge in [0.1, 0.15) is 0 Å². The largest absolute Gasteiger partial charge is 0.310 e. The molecule has 0 spiro atoms. The molecule has 0 aliphatic carbocycles. The molecule has 3 aromatic rings. The minimum absolute atomic E-state index is 0.127. The van der Waals surface area contributed by atoms with Crippen LogP contribution in [0.3, 0.4) is 0 Å². The summed E-state index contributed by atoms with van der Waals surface area (Å²) in [4.78, 5) is 17.1. The van der Waals surface area contributed by atoms with Gasteiger partial charge in [-0.15, -0.1) is 0 Å². The Labute approximate surface area is 142 Å². The molecule has 0 unspecified atom stereocenters. The van der Waals surface area contributed by atoms with Crippen molar-refractivity contribution in [2.24, 2.45) is 0 Å². The predicted octanol–water partition coefficient (Wildman–Crippen LogP) is 4.30. The maximum absolute atomic E-state index is 12.5. The molecule has 4 nitrogen and oxygen atoms in total. The fourth-order valence-corrected chi connectivity index (χ4v) is 3.07. The zero-order valence-corrected chi connectivity index (χ0v) is 14.4. The Kier molecular flexibility index (Phi) is 4.42. The Morgan fingerprint density at radius 2 is 1.91 bits per heavy atom. The molecule has 1 amide bonds. The van der Waals surface area contributed by atoms with Crippen molar-refractivity contribution < 1.29 is 4.79 Å². The third kappa shape index (κ3) is 2.85. The molecule has 0 radical (unpaired) electrons. The molecule has 1 heterocycles. The average molecular weight is 405 g/mol. The monoisotopic (exact) mass is 405 g/mol. The summed E-state index contributed by atoms with van der Waals surface area (Å²) in [6.45, 7) is 2.93. The molecule has 0 aliphatic rings. The fraction of sp³-hybridized carbons (Fsp3) is 0.176.